The van der Waals surface area contributed by atoms with Crippen molar-refractivity contribution in [2.75, 3.05) is 20.8 Å². The maximum absolute atomic E-state index is 5.97. The molecule has 1 atom stereocenters. The van der Waals surface area contributed by atoms with E-state index in [1.165, 1.54) is 18.4 Å². The molecule has 0 aromatic carbocycles. The normalized spacial score (nSPS) is 34.6. The Morgan fingerprint density at radius 3 is 2.67 bits per heavy atom. The van der Waals surface area contributed by atoms with Gasteiger partial charge in [0.1, 0.15) is 0 Å². The first-order valence-electron chi connectivity index (χ1n) is 7.25. The van der Waals surface area contributed by atoms with E-state index in [0.717, 1.165) is 38.2 Å². The van der Waals surface area contributed by atoms with E-state index in [2.05, 4.69) is 12.2 Å². The Labute approximate surface area is 111 Å². The molecule has 1 aliphatic carbocycles. The van der Waals surface area contributed by atoms with Crippen molar-refractivity contribution in [3.05, 3.63) is 11.8 Å². The third-order valence-corrected chi connectivity index (χ3v) is 4.68. The lowest BCUT2D eigenvalue weighted by molar-refractivity contribution is -0.0666. The van der Waals surface area contributed by atoms with Gasteiger partial charge in [-0.05, 0) is 57.1 Å². The van der Waals surface area contributed by atoms with Gasteiger partial charge in [0.25, 0.3) is 0 Å². The lowest BCUT2D eigenvalue weighted by atomic mass is 9.72. The van der Waals surface area contributed by atoms with Crippen LogP contribution in [0.25, 0.3) is 0 Å². The molecule has 0 amide bonds. The van der Waals surface area contributed by atoms with Gasteiger partial charge in [-0.3, -0.25) is 0 Å². The zero-order valence-electron chi connectivity index (χ0n) is 12.0. The predicted octanol–water partition coefficient (Wildman–Crippen LogP) is 2.86. The second kappa shape index (κ2) is 6.07. The fraction of sp³-hybridized carbons (Fsp3) is 0.867. The number of likely N-dealkylation sites (N-methyl/N-ethyl adjacent to an activating group) is 1. The molecule has 0 bridgehead atoms. The molecule has 1 heterocycles. The Bertz CT molecular complexity index is 293. The SMILES string of the molecule is CNC(C1=COCCC1)C1(OC)CCC(C)CC1. The van der Waals surface area contributed by atoms with E-state index in [1.807, 2.05) is 20.4 Å². The van der Waals surface area contributed by atoms with Gasteiger partial charge in [-0.15, -0.1) is 0 Å². The van der Waals surface area contributed by atoms with Gasteiger partial charge in [-0.2, -0.15) is 0 Å². The van der Waals surface area contributed by atoms with Crippen LogP contribution in [0.3, 0.4) is 0 Å². The Morgan fingerprint density at radius 2 is 2.17 bits per heavy atom. The predicted molar refractivity (Wildman–Crippen MR) is 73.5 cm³/mol. The van der Waals surface area contributed by atoms with Gasteiger partial charge in [-0.25, -0.2) is 0 Å². The van der Waals surface area contributed by atoms with Crippen LogP contribution in [0.4, 0.5) is 0 Å². The van der Waals surface area contributed by atoms with Crippen molar-refractivity contribution in [2.45, 2.75) is 57.1 Å². The zero-order chi connectivity index (χ0) is 13.0. The Balaban J connectivity index is 2.15. The number of ether oxygens (including phenoxy) is 2. The van der Waals surface area contributed by atoms with Gasteiger partial charge in [0.2, 0.25) is 0 Å². The van der Waals surface area contributed by atoms with Crippen LogP contribution in [0.2, 0.25) is 0 Å². The van der Waals surface area contributed by atoms with Crippen molar-refractivity contribution >= 4 is 0 Å². The van der Waals surface area contributed by atoms with Crippen molar-refractivity contribution in [3.63, 3.8) is 0 Å². The summed E-state index contributed by atoms with van der Waals surface area (Å²) >= 11 is 0. The van der Waals surface area contributed by atoms with E-state index in [0.29, 0.717) is 6.04 Å². The molecular weight excluding hydrogens is 226 g/mol. The van der Waals surface area contributed by atoms with E-state index in [1.54, 1.807) is 0 Å². The Morgan fingerprint density at radius 1 is 1.44 bits per heavy atom. The Kier molecular flexibility index (Phi) is 4.68. The zero-order valence-corrected chi connectivity index (χ0v) is 12.0. The van der Waals surface area contributed by atoms with E-state index in [-0.39, 0.29) is 5.60 Å². The summed E-state index contributed by atoms with van der Waals surface area (Å²) in [6.07, 6.45) is 9.04. The molecule has 0 aromatic rings. The summed E-state index contributed by atoms with van der Waals surface area (Å²) in [5, 5.41) is 3.47. The first-order valence-corrected chi connectivity index (χ1v) is 7.25. The quantitative estimate of drug-likeness (QED) is 0.835. The molecule has 1 fully saturated rings. The van der Waals surface area contributed by atoms with Crippen LogP contribution < -0.4 is 5.32 Å². The molecule has 1 aliphatic heterocycles. The minimum atomic E-state index is -0.0339. The van der Waals surface area contributed by atoms with Crippen molar-refractivity contribution in [3.8, 4) is 0 Å². The molecule has 1 saturated carbocycles. The monoisotopic (exact) mass is 253 g/mol. The number of rotatable bonds is 4. The van der Waals surface area contributed by atoms with Crippen LogP contribution >= 0.6 is 0 Å². The highest BCUT2D eigenvalue weighted by atomic mass is 16.5. The van der Waals surface area contributed by atoms with Crippen molar-refractivity contribution in [2.24, 2.45) is 5.92 Å². The molecule has 3 nitrogen and oxygen atoms in total. The molecule has 0 radical (unpaired) electrons. The average molecular weight is 253 g/mol. The third-order valence-electron chi connectivity index (χ3n) is 4.68. The number of hydrogen-bond acceptors (Lipinski definition) is 3. The lowest BCUT2D eigenvalue weighted by Crippen LogP contribution is -2.54. The molecule has 0 spiro atoms. The fourth-order valence-electron chi connectivity index (χ4n) is 3.44. The number of methoxy groups -OCH3 is 1. The van der Waals surface area contributed by atoms with Crippen LogP contribution in [0, 0.1) is 5.92 Å². The van der Waals surface area contributed by atoms with Crippen molar-refractivity contribution in [1.82, 2.24) is 5.32 Å². The van der Waals surface area contributed by atoms with Gasteiger partial charge in [0.15, 0.2) is 0 Å². The van der Waals surface area contributed by atoms with E-state index < -0.39 is 0 Å². The molecule has 2 rings (SSSR count). The first-order chi connectivity index (χ1) is 8.72. The third kappa shape index (κ3) is 2.72. The van der Waals surface area contributed by atoms with Crippen LogP contribution in [-0.4, -0.2) is 32.4 Å². The molecule has 1 N–H and O–H groups in total. The highest BCUT2D eigenvalue weighted by Gasteiger charge is 2.42. The highest BCUT2D eigenvalue weighted by molar-refractivity contribution is 5.18. The van der Waals surface area contributed by atoms with Crippen LogP contribution in [0.15, 0.2) is 11.8 Å². The highest BCUT2D eigenvalue weighted by Crippen LogP contribution is 2.40. The molecule has 0 saturated heterocycles. The average Bonchev–Trinajstić information content (AvgIpc) is 2.43. The van der Waals surface area contributed by atoms with Gasteiger partial charge >= 0.3 is 0 Å². The van der Waals surface area contributed by atoms with Crippen LogP contribution in [0.1, 0.15) is 45.4 Å². The second-order valence-corrected chi connectivity index (χ2v) is 5.84. The topological polar surface area (TPSA) is 30.5 Å². The molecule has 1 unspecified atom stereocenters. The molecule has 18 heavy (non-hydrogen) atoms. The fourth-order valence-corrected chi connectivity index (χ4v) is 3.44. The molecule has 0 aromatic heterocycles. The molecular formula is C15H27NO2. The first kappa shape index (κ1) is 13.9. The second-order valence-electron chi connectivity index (χ2n) is 5.84. The number of nitrogens with one attached hydrogen (secondary N) is 1. The minimum Gasteiger partial charge on any atom is -0.501 e. The van der Waals surface area contributed by atoms with Gasteiger partial charge in [0, 0.05) is 7.11 Å². The van der Waals surface area contributed by atoms with Crippen molar-refractivity contribution in [1.29, 1.82) is 0 Å². The number of hydrogen-bond donors (Lipinski definition) is 1. The standard InChI is InChI=1S/C15H27NO2/c1-12-6-8-15(17-3,9-7-12)14(16-2)13-5-4-10-18-11-13/h11-12,14,16H,4-10H2,1-3H3. The molecule has 3 heteroatoms. The van der Waals surface area contributed by atoms with Gasteiger partial charge < -0.3 is 14.8 Å². The summed E-state index contributed by atoms with van der Waals surface area (Å²) in [7, 11) is 3.91. The summed E-state index contributed by atoms with van der Waals surface area (Å²) in [5.74, 6) is 0.836. The molecule has 2 aliphatic rings. The van der Waals surface area contributed by atoms with Gasteiger partial charge in [-0.1, -0.05) is 6.92 Å². The summed E-state index contributed by atoms with van der Waals surface area (Å²) in [4.78, 5) is 0. The summed E-state index contributed by atoms with van der Waals surface area (Å²) in [6, 6.07) is 0.301. The van der Waals surface area contributed by atoms with Gasteiger partial charge in [0.05, 0.1) is 24.5 Å². The van der Waals surface area contributed by atoms with E-state index >= 15 is 0 Å². The largest absolute Gasteiger partial charge is 0.501 e. The van der Waals surface area contributed by atoms with Crippen LogP contribution in [0.5, 0.6) is 0 Å². The minimum absolute atomic E-state index is 0.0339. The summed E-state index contributed by atoms with van der Waals surface area (Å²) in [5.41, 5.74) is 1.34. The van der Waals surface area contributed by atoms with Crippen molar-refractivity contribution < 1.29 is 9.47 Å². The van der Waals surface area contributed by atoms with E-state index in [9.17, 15) is 0 Å². The Hall–Kier alpha value is -0.540. The maximum Gasteiger partial charge on any atom is 0.0876 e. The van der Waals surface area contributed by atoms with E-state index in [4.69, 9.17) is 9.47 Å². The molecule has 104 valence electrons. The lowest BCUT2D eigenvalue weighted by Gasteiger charge is -2.45. The summed E-state index contributed by atoms with van der Waals surface area (Å²) < 4.78 is 11.5. The smallest absolute Gasteiger partial charge is 0.0876 e. The summed E-state index contributed by atoms with van der Waals surface area (Å²) in [6.45, 7) is 3.20. The maximum atomic E-state index is 5.97. The van der Waals surface area contributed by atoms with Crippen LogP contribution in [-0.2, 0) is 9.47 Å².